The average Bonchev–Trinajstić information content (AvgIpc) is 3.17. The molecule has 1 aromatic carbocycles. The lowest BCUT2D eigenvalue weighted by atomic mass is 10.1. The Morgan fingerprint density at radius 2 is 2.15 bits per heavy atom. The Morgan fingerprint density at radius 1 is 1.35 bits per heavy atom. The Labute approximate surface area is 156 Å². The van der Waals surface area contributed by atoms with Crippen molar-refractivity contribution in [3.8, 4) is 5.75 Å². The zero-order valence-corrected chi connectivity index (χ0v) is 15.6. The van der Waals surface area contributed by atoms with Gasteiger partial charge in [-0.15, -0.1) is 0 Å². The molecule has 0 aliphatic carbocycles. The van der Waals surface area contributed by atoms with E-state index in [2.05, 4.69) is 10.2 Å². The quantitative estimate of drug-likeness (QED) is 0.492. The number of hydrogen-bond donors (Lipinski definition) is 0. The number of ether oxygens (including phenoxy) is 1. The number of allylic oxidation sites excluding steroid dienone is 1. The number of hydrogen-bond acceptors (Lipinski definition) is 4. The zero-order chi connectivity index (χ0) is 18.7. The summed E-state index contributed by atoms with van der Waals surface area (Å²) in [6.07, 6.45) is 8.40. The molecule has 0 spiro atoms. The molecule has 7 heteroatoms. The van der Waals surface area contributed by atoms with Gasteiger partial charge in [-0.2, -0.15) is 10.2 Å². The summed E-state index contributed by atoms with van der Waals surface area (Å²) in [5.74, 6) is 0.676. The standard InChI is InChI=1S/C19H19ClN4O2/c1-13-17(12-23(2)22-13)18(25)6-4-14-5-7-19(26-3)15(8-14)10-24-11-16(20)9-21-24/h4-9,11-12H,10H2,1-3H3. The number of methoxy groups -OCH3 is 1. The maximum Gasteiger partial charge on any atom is 0.189 e. The maximum absolute atomic E-state index is 12.4. The fourth-order valence-electron chi connectivity index (χ4n) is 2.73. The SMILES string of the molecule is COc1ccc(C=CC(=O)c2cn(C)nc2C)cc1Cn1cc(Cl)cn1. The van der Waals surface area contributed by atoms with E-state index in [1.54, 1.807) is 54.3 Å². The van der Waals surface area contributed by atoms with Crippen LogP contribution in [0.1, 0.15) is 27.2 Å². The van der Waals surface area contributed by atoms with Gasteiger partial charge in [-0.1, -0.05) is 23.7 Å². The van der Waals surface area contributed by atoms with E-state index in [1.165, 1.54) is 0 Å². The van der Waals surface area contributed by atoms with Gasteiger partial charge in [0.05, 0.1) is 36.1 Å². The van der Waals surface area contributed by atoms with Crippen molar-refractivity contribution in [3.63, 3.8) is 0 Å². The summed E-state index contributed by atoms with van der Waals surface area (Å²) >= 11 is 5.92. The topological polar surface area (TPSA) is 61.9 Å². The molecule has 2 aromatic heterocycles. The number of carbonyl (C=O) groups excluding carboxylic acids is 1. The van der Waals surface area contributed by atoms with E-state index in [9.17, 15) is 4.79 Å². The Kier molecular flexibility index (Phi) is 5.23. The lowest BCUT2D eigenvalue weighted by molar-refractivity contribution is 0.104. The predicted octanol–water partition coefficient (Wildman–Crippen LogP) is 3.53. The Morgan fingerprint density at radius 3 is 2.77 bits per heavy atom. The van der Waals surface area contributed by atoms with Crippen molar-refractivity contribution in [3.05, 3.63) is 70.3 Å². The Balaban J connectivity index is 1.82. The number of carbonyl (C=O) groups is 1. The number of aromatic nitrogens is 4. The summed E-state index contributed by atoms with van der Waals surface area (Å²) in [6, 6.07) is 5.74. The van der Waals surface area contributed by atoms with Crippen LogP contribution < -0.4 is 4.74 Å². The van der Waals surface area contributed by atoms with E-state index in [0.717, 1.165) is 16.9 Å². The third kappa shape index (κ3) is 4.03. The molecule has 0 saturated carbocycles. The second-order valence-corrected chi connectivity index (χ2v) is 6.36. The van der Waals surface area contributed by atoms with Crippen LogP contribution in [0.4, 0.5) is 0 Å². The third-order valence-corrected chi connectivity index (χ3v) is 4.14. The van der Waals surface area contributed by atoms with Gasteiger partial charge in [0.2, 0.25) is 0 Å². The van der Waals surface area contributed by atoms with Crippen LogP contribution in [0.15, 0.2) is 42.9 Å². The highest BCUT2D eigenvalue weighted by Crippen LogP contribution is 2.22. The highest BCUT2D eigenvalue weighted by atomic mass is 35.5. The molecular formula is C19H19ClN4O2. The van der Waals surface area contributed by atoms with Crippen molar-refractivity contribution in [2.45, 2.75) is 13.5 Å². The van der Waals surface area contributed by atoms with Gasteiger partial charge in [0.25, 0.3) is 0 Å². The summed E-state index contributed by atoms with van der Waals surface area (Å²) in [4.78, 5) is 12.4. The summed E-state index contributed by atoms with van der Waals surface area (Å²) in [6.45, 7) is 2.34. The van der Waals surface area contributed by atoms with Gasteiger partial charge >= 0.3 is 0 Å². The first-order chi connectivity index (χ1) is 12.5. The van der Waals surface area contributed by atoms with Crippen LogP contribution in [0.5, 0.6) is 5.75 Å². The summed E-state index contributed by atoms with van der Waals surface area (Å²) in [7, 11) is 3.42. The molecule has 3 rings (SSSR count). The van der Waals surface area contributed by atoms with E-state index in [0.29, 0.717) is 22.8 Å². The number of halogens is 1. The molecule has 26 heavy (non-hydrogen) atoms. The lowest BCUT2D eigenvalue weighted by Gasteiger charge is -2.09. The molecule has 0 aliphatic rings. The Hall–Kier alpha value is -2.86. The number of rotatable bonds is 6. The summed E-state index contributed by atoms with van der Waals surface area (Å²) < 4.78 is 8.79. The van der Waals surface area contributed by atoms with E-state index < -0.39 is 0 Å². The van der Waals surface area contributed by atoms with Gasteiger partial charge in [-0.05, 0) is 30.7 Å². The molecule has 2 heterocycles. The van der Waals surface area contributed by atoms with Crippen LogP contribution >= 0.6 is 11.6 Å². The van der Waals surface area contributed by atoms with Crippen molar-refractivity contribution >= 4 is 23.5 Å². The molecule has 0 atom stereocenters. The maximum atomic E-state index is 12.4. The minimum Gasteiger partial charge on any atom is -0.496 e. The molecular weight excluding hydrogens is 352 g/mol. The van der Waals surface area contributed by atoms with Crippen molar-refractivity contribution in [1.82, 2.24) is 19.6 Å². The average molecular weight is 371 g/mol. The van der Waals surface area contributed by atoms with E-state index in [4.69, 9.17) is 16.3 Å². The van der Waals surface area contributed by atoms with Gasteiger partial charge in [-0.25, -0.2) is 0 Å². The van der Waals surface area contributed by atoms with E-state index >= 15 is 0 Å². The van der Waals surface area contributed by atoms with Crippen LogP contribution in [0, 0.1) is 6.92 Å². The molecule has 0 radical (unpaired) electrons. The van der Waals surface area contributed by atoms with Crippen LogP contribution in [0.25, 0.3) is 6.08 Å². The van der Waals surface area contributed by atoms with Crippen molar-refractivity contribution < 1.29 is 9.53 Å². The van der Waals surface area contributed by atoms with Gasteiger partial charge < -0.3 is 4.74 Å². The Bertz CT molecular complexity index is 972. The minimum absolute atomic E-state index is 0.0770. The van der Waals surface area contributed by atoms with Gasteiger partial charge in [0.15, 0.2) is 5.78 Å². The largest absolute Gasteiger partial charge is 0.496 e. The number of aryl methyl sites for hydroxylation is 2. The normalized spacial score (nSPS) is 11.2. The monoisotopic (exact) mass is 370 g/mol. The zero-order valence-electron chi connectivity index (χ0n) is 14.8. The molecule has 6 nitrogen and oxygen atoms in total. The highest BCUT2D eigenvalue weighted by molar-refractivity contribution is 6.30. The molecule has 0 saturated heterocycles. The third-order valence-electron chi connectivity index (χ3n) is 3.94. The lowest BCUT2D eigenvalue weighted by Crippen LogP contribution is -2.02. The van der Waals surface area contributed by atoms with Crippen molar-refractivity contribution in [2.24, 2.45) is 7.05 Å². The van der Waals surface area contributed by atoms with Gasteiger partial charge in [-0.3, -0.25) is 14.2 Å². The minimum atomic E-state index is -0.0770. The number of nitrogens with zero attached hydrogens (tertiary/aromatic N) is 4. The molecule has 0 N–H and O–H groups in total. The molecule has 0 bridgehead atoms. The predicted molar refractivity (Wildman–Crippen MR) is 101 cm³/mol. The second kappa shape index (κ2) is 7.58. The molecule has 0 amide bonds. The molecule has 0 unspecified atom stereocenters. The number of benzene rings is 1. The molecule has 3 aromatic rings. The van der Waals surface area contributed by atoms with Gasteiger partial charge in [0.1, 0.15) is 5.75 Å². The van der Waals surface area contributed by atoms with E-state index in [-0.39, 0.29) is 5.78 Å². The molecule has 134 valence electrons. The molecule has 0 fully saturated rings. The summed E-state index contributed by atoms with van der Waals surface area (Å²) in [5, 5.41) is 8.97. The van der Waals surface area contributed by atoms with Crippen LogP contribution in [0.3, 0.4) is 0 Å². The molecule has 0 aliphatic heterocycles. The van der Waals surface area contributed by atoms with Gasteiger partial charge in [0, 0.05) is 25.0 Å². The van der Waals surface area contributed by atoms with Crippen molar-refractivity contribution in [1.29, 1.82) is 0 Å². The first-order valence-corrected chi connectivity index (χ1v) is 8.41. The van der Waals surface area contributed by atoms with Crippen molar-refractivity contribution in [2.75, 3.05) is 7.11 Å². The first-order valence-electron chi connectivity index (χ1n) is 8.04. The first kappa shape index (κ1) is 17.9. The second-order valence-electron chi connectivity index (χ2n) is 5.93. The number of ketones is 1. The summed E-state index contributed by atoms with van der Waals surface area (Å²) in [5.41, 5.74) is 3.16. The van der Waals surface area contributed by atoms with E-state index in [1.807, 2.05) is 25.1 Å². The smallest absolute Gasteiger partial charge is 0.189 e. The fraction of sp³-hybridized carbons (Fsp3) is 0.211. The van der Waals surface area contributed by atoms with Crippen LogP contribution in [0.2, 0.25) is 5.02 Å². The van der Waals surface area contributed by atoms with Crippen LogP contribution in [-0.2, 0) is 13.6 Å². The highest BCUT2D eigenvalue weighted by Gasteiger charge is 2.10. The van der Waals surface area contributed by atoms with Crippen LogP contribution in [-0.4, -0.2) is 32.5 Å². The fourth-order valence-corrected chi connectivity index (χ4v) is 2.88.